The number of H-pyrrole nitrogens is 1. The van der Waals surface area contributed by atoms with Gasteiger partial charge in [-0.25, -0.2) is 9.78 Å². The first-order valence-corrected chi connectivity index (χ1v) is 8.43. The van der Waals surface area contributed by atoms with E-state index in [4.69, 9.17) is 0 Å². The maximum absolute atomic E-state index is 12.2. The first-order valence-electron chi connectivity index (χ1n) is 7.64. The molecule has 6 nitrogen and oxygen atoms in total. The number of imidazole rings is 1. The third-order valence-electron chi connectivity index (χ3n) is 4.16. The fraction of sp³-hybridized carbons (Fsp3) is 0.375. The summed E-state index contributed by atoms with van der Waals surface area (Å²) in [6, 6.07) is 7.10. The van der Waals surface area contributed by atoms with Gasteiger partial charge in [0.1, 0.15) is 5.82 Å². The molecule has 1 fully saturated rings. The SMILES string of the molecule is O=C(O)N1CC(COC(F)F)CC1c1ncc(-c2ccc(Br)cc2)[nH]1. The summed E-state index contributed by atoms with van der Waals surface area (Å²) in [5.41, 5.74) is 1.68. The van der Waals surface area contributed by atoms with Crippen LogP contribution in [0.25, 0.3) is 11.3 Å². The van der Waals surface area contributed by atoms with Gasteiger partial charge in [-0.3, -0.25) is 4.90 Å². The minimum atomic E-state index is -2.86. The molecule has 1 aromatic heterocycles. The first-order chi connectivity index (χ1) is 11.9. The standard InChI is InChI=1S/C16H16BrF2N3O3/c17-11-3-1-10(2-4-11)12-6-20-14(21-12)13-5-9(8-25-15(18)19)7-22(13)16(23)24/h1-4,6,9,13,15H,5,7-8H2,(H,20,21)(H,23,24). The fourth-order valence-electron chi connectivity index (χ4n) is 3.01. The molecule has 0 aliphatic carbocycles. The number of nitrogens with zero attached hydrogens (tertiary/aromatic N) is 2. The summed E-state index contributed by atoms with van der Waals surface area (Å²) in [7, 11) is 0. The van der Waals surface area contributed by atoms with Gasteiger partial charge in [-0.1, -0.05) is 28.1 Å². The Morgan fingerprint density at radius 3 is 2.80 bits per heavy atom. The van der Waals surface area contributed by atoms with Crippen LogP contribution in [0.4, 0.5) is 13.6 Å². The summed E-state index contributed by atoms with van der Waals surface area (Å²) in [5.74, 6) is 0.205. The molecule has 0 radical (unpaired) electrons. The number of halogens is 3. The Bertz CT molecular complexity index is 738. The first kappa shape index (κ1) is 17.8. The van der Waals surface area contributed by atoms with E-state index in [1.54, 1.807) is 6.20 Å². The van der Waals surface area contributed by atoms with Crippen LogP contribution in [0.2, 0.25) is 0 Å². The molecule has 25 heavy (non-hydrogen) atoms. The van der Waals surface area contributed by atoms with Crippen LogP contribution in [-0.4, -0.2) is 45.8 Å². The van der Waals surface area contributed by atoms with Crippen LogP contribution >= 0.6 is 15.9 Å². The highest BCUT2D eigenvalue weighted by Crippen LogP contribution is 2.35. The Labute approximate surface area is 150 Å². The lowest BCUT2D eigenvalue weighted by Crippen LogP contribution is -2.30. The minimum absolute atomic E-state index is 0.140. The highest BCUT2D eigenvalue weighted by Gasteiger charge is 2.38. The Balaban J connectivity index is 1.77. The normalized spacial score (nSPS) is 20.4. The van der Waals surface area contributed by atoms with Crippen molar-refractivity contribution in [2.45, 2.75) is 19.1 Å². The van der Waals surface area contributed by atoms with Gasteiger partial charge in [0, 0.05) is 16.9 Å². The molecule has 1 aromatic carbocycles. The molecule has 1 aliphatic rings. The molecule has 0 bridgehead atoms. The third-order valence-corrected chi connectivity index (χ3v) is 4.69. The molecule has 2 unspecified atom stereocenters. The van der Waals surface area contributed by atoms with Crippen molar-refractivity contribution in [3.8, 4) is 11.3 Å². The Hall–Kier alpha value is -2.00. The van der Waals surface area contributed by atoms with Crippen molar-refractivity contribution in [2.75, 3.05) is 13.2 Å². The number of aromatic nitrogens is 2. The second kappa shape index (κ2) is 7.49. The Morgan fingerprint density at radius 1 is 1.44 bits per heavy atom. The maximum atomic E-state index is 12.2. The highest BCUT2D eigenvalue weighted by atomic mass is 79.9. The molecule has 2 heterocycles. The summed E-state index contributed by atoms with van der Waals surface area (Å²) < 4.78 is 29.7. The largest absolute Gasteiger partial charge is 0.465 e. The molecule has 0 spiro atoms. The van der Waals surface area contributed by atoms with E-state index >= 15 is 0 Å². The summed E-state index contributed by atoms with van der Waals surface area (Å²) in [6.07, 6.45) is 0.916. The Kier molecular flexibility index (Phi) is 5.33. The zero-order valence-corrected chi connectivity index (χ0v) is 14.6. The van der Waals surface area contributed by atoms with Gasteiger partial charge >= 0.3 is 12.7 Å². The lowest BCUT2D eigenvalue weighted by Gasteiger charge is -2.19. The summed E-state index contributed by atoms with van der Waals surface area (Å²) in [6.45, 7) is -2.90. The summed E-state index contributed by atoms with van der Waals surface area (Å²) >= 11 is 3.37. The number of amides is 1. The monoisotopic (exact) mass is 415 g/mol. The lowest BCUT2D eigenvalue weighted by molar-refractivity contribution is -0.137. The molecular weight excluding hydrogens is 400 g/mol. The van der Waals surface area contributed by atoms with Crippen molar-refractivity contribution in [3.05, 3.63) is 40.8 Å². The van der Waals surface area contributed by atoms with E-state index in [0.29, 0.717) is 12.2 Å². The van der Waals surface area contributed by atoms with Crippen LogP contribution in [-0.2, 0) is 4.74 Å². The number of aromatic amines is 1. The molecule has 2 atom stereocenters. The van der Waals surface area contributed by atoms with Crippen LogP contribution in [0.3, 0.4) is 0 Å². The van der Waals surface area contributed by atoms with Crippen molar-refractivity contribution in [1.82, 2.24) is 14.9 Å². The molecule has 1 saturated heterocycles. The number of benzene rings is 1. The number of hydrogen-bond donors (Lipinski definition) is 2. The molecule has 9 heteroatoms. The number of ether oxygens (including phenoxy) is 1. The quantitative estimate of drug-likeness (QED) is 0.769. The van der Waals surface area contributed by atoms with Gasteiger partial charge in [0.25, 0.3) is 0 Å². The van der Waals surface area contributed by atoms with Gasteiger partial charge in [-0.15, -0.1) is 0 Å². The van der Waals surface area contributed by atoms with Crippen LogP contribution in [0.5, 0.6) is 0 Å². The number of rotatable bonds is 5. The van der Waals surface area contributed by atoms with E-state index in [1.165, 1.54) is 4.90 Å². The zero-order chi connectivity index (χ0) is 18.0. The van der Waals surface area contributed by atoms with E-state index in [9.17, 15) is 18.7 Å². The van der Waals surface area contributed by atoms with E-state index in [1.807, 2.05) is 24.3 Å². The number of carboxylic acid groups (broad SMARTS) is 1. The molecule has 2 N–H and O–H groups in total. The summed E-state index contributed by atoms with van der Waals surface area (Å²) in [4.78, 5) is 20.1. The van der Waals surface area contributed by atoms with E-state index in [0.717, 1.165) is 15.7 Å². The van der Waals surface area contributed by atoms with Gasteiger partial charge in [0.2, 0.25) is 0 Å². The fourth-order valence-corrected chi connectivity index (χ4v) is 3.27. The average Bonchev–Trinajstić information content (AvgIpc) is 3.20. The van der Waals surface area contributed by atoms with Gasteiger partial charge in [0.15, 0.2) is 0 Å². The van der Waals surface area contributed by atoms with Crippen molar-refractivity contribution in [1.29, 1.82) is 0 Å². The topological polar surface area (TPSA) is 78.4 Å². The number of carbonyl (C=O) groups is 1. The van der Waals surface area contributed by atoms with Gasteiger partial charge in [0.05, 0.1) is 24.5 Å². The molecule has 1 aliphatic heterocycles. The number of hydrogen-bond acceptors (Lipinski definition) is 3. The number of alkyl halides is 2. The van der Waals surface area contributed by atoms with E-state index in [2.05, 4.69) is 30.6 Å². The van der Waals surface area contributed by atoms with Gasteiger partial charge in [-0.2, -0.15) is 8.78 Å². The lowest BCUT2D eigenvalue weighted by atomic mass is 10.1. The van der Waals surface area contributed by atoms with Crippen LogP contribution in [0.1, 0.15) is 18.3 Å². The third kappa shape index (κ3) is 4.16. The zero-order valence-electron chi connectivity index (χ0n) is 13.0. The molecule has 2 aromatic rings. The van der Waals surface area contributed by atoms with E-state index in [-0.39, 0.29) is 19.1 Å². The molecular formula is C16H16BrF2N3O3. The van der Waals surface area contributed by atoms with Crippen molar-refractivity contribution in [2.24, 2.45) is 5.92 Å². The van der Waals surface area contributed by atoms with Crippen molar-refractivity contribution >= 4 is 22.0 Å². The smallest absolute Gasteiger partial charge is 0.407 e. The Morgan fingerprint density at radius 2 is 2.16 bits per heavy atom. The molecule has 134 valence electrons. The second-order valence-electron chi connectivity index (χ2n) is 5.84. The predicted molar refractivity (Wildman–Crippen MR) is 89.3 cm³/mol. The van der Waals surface area contributed by atoms with Crippen molar-refractivity contribution < 1.29 is 23.4 Å². The molecule has 0 saturated carbocycles. The molecule has 1 amide bonds. The minimum Gasteiger partial charge on any atom is -0.465 e. The predicted octanol–water partition coefficient (Wildman–Crippen LogP) is 4.12. The van der Waals surface area contributed by atoms with Gasteiger partial charge in [-0.05, 0) is 24.1 Å². The average molecular weight is 416 g/mol. The van der Waals surface area contributed by atoms with Crippen LogP contribution in [0, 0.1) is 5.92 Å². The van der Waals surface area contributed by atoms with Crippen molar-refractivity contribution in [3.63, 3.8) is 0 Å². The number of nitrogens with one attached hydrogen (secondary N) is 1. The maximum Gasteiger partial charge on any atom is 0.407 e. The molecule has 3 rings (SSSR count). The summed E-state index contributed by atoms with van der Waals surface area (Å²) in [5, 5.41) is 9.38. The van der Waals surface area contributed by atoms with Gasteiger partial charge < -0.3 is 14.8 Å². The second-order valence-corrected chi connectivity index (χ2v) is 6.75. The van der Waals surface area contributed by atoms with Crippen LogP contribution < -0.4 is 0 Å². The highest BCUT2D eigenvalue weighted by molar-refractivity contribution is 9.10. The van der Waals surface area contributed by atoms with E-state index < -0.39 is 18.7 Å². The number of likely N-dealkylation sites (tertiary alicyclic amines) is 1. The van der Waals surface area contributed by atoms with Crippen LogP contribution in [0.15, 0.2) is 34.9 Å².